The highest BCUT2D eigenvalue weighted by atomic mass is 32.2. The number of nitrogens with one attached hydrogen (secondary N) is 1. The van der Waals surface area contributed by atoms with E-state index in [2.05, 4.69) is 5.32 Å². The van der Waals surface area contributed by atoms with Crippen LogP contribution in [0.4, 0.5) is 0 Å². The zero-order chi connectivity index (χ0) is 15.8. The molecule has 0 saturated carbocycles. The Balaban J connectivity index is 1.74. The first-order chi connectivity index (χ1) is 10.7. The number of benzene rings is 2. The smallest absolute Gasteiger partial charge is 0.253 e. The van der Waals surface area contributed by atoms with Crippen molar-refractivity contribution in [2.45, 2.75) is 11.9 Å². The van der Waals surface area contributed by atoms with Gasteiger partial charge in [-0.15, -0.1) is 0 Å². The third-order valence-electron chi connectivity index (χ3n) is 3.16. The summed E-state index contributed by atoms with van der Waals surface area (Å²) in [5.41, 5.74) is 1.56. The minimum atomic E-state index is -1.19. The fourth-order valence-electron chi connectivity index (χ4n) is 2.00. The average Bonchev–Trinajstić information content (AvgIpc) is 2.55. The van der Waals surface area contributed by atoms with Crippen LogP contribution in [0.2, 0.25) is 0 Å². The Hall–Kier alpha value is -1.98. The number of hydrogen-bond acceptors (Lipinski definition) is 3. The molecule has 0 saturated heterocycles. The summed E-state index contributed by atoms with van der Waals surface area (Å²) in [6.07, 6.45) is -1.19. The minimum Gasteiger partial charge on any atom is -0.378 e. The molecule has 22 heavy (non-hydrogen) atoms. The van der Waals surface area contributed by atoms with Gasteiger partial charge in [0.15, 0.2) is 6.10 Å². The second-order valence-electron chi connectivity index (χ2n) is 4.88. The van der Waals surface area contributed by atoms with Crippen molar-refractivity contribution >= 4 is 16.7 Å². The molecule has 1 amide bonds. The van der Waals surface area contributed by atoms with Gasteiger partial charge in [0.1, 0.15) is 0 Å². The van der Waals surface area contributed by atoms with Crippen LogP contribution >= 0.6 is 0 Å². The van der Waals surface area contributed by atoms with Gasteiger partial charge in [0.25, 0.3) is 5.91 Å². The van der Waals surface area contributed by atoms with E-state index in [1.165, 1.54) is 0 Å². The fourth-order valence-corrected chi connectivity index (χ4v) is 3.04. The van der Waals surface area contributed by atoms with Crippen molar-refractivity contribution in [3.63, 3.8) is 0 Å². The van der Waals surface area contributed by atoms with Gasteiger partial charge in [-0.3, -0.25) is 9.00 Å². The molecule has 0 spiro atoms. The van der Waals surface area contributed by atoms with Gasteiger partial charge in [-0.2, -0.15) is 0 Å². The molecule has 2 N–H and O–H groups in total. The summed E-state index contributed by atoms with van der Waals surface area (Å²) in [5.74, 6) is 0.364. The van der Waals surface area contributed by atoms with Crippen molar-refractivity contribution in [2.24, 2.45) is 0 Å². The van der Waals surface area contributed by atoms with Crippen molar-refractivity contribution < 1.29 is 14.1 Å². The molecular formula is C17H19NO3S. The number of amides is 1. The molecule has 2 rings (SSSR count). The molecule has 0 fully saturated rings. The third-order valence-corrected chi connectivity index (χ3v) is 4.48. The molecule has 0 bridgehead atoms. The van der Waals surface area contributed by atoms with Crippen molar-refractivity contribution in [2.75, 3.05) is 12.3 Å². The van der Waals surface area contributed by atoms with Crippen molar-refractivity contribution in [3.8, 4) is 0 Å². The highest BCUT2D eigenvalue weighted by Crippen LogP contribution is 2.11. The van der Waals surface area contributed by atoms with E-state index in [4.69, 9.17) is 0 Å². The first-order valence-electron chi connectivity index (χ1n) is 7.06. The molecule has 2 aromatic rings. The predicted octanol–water partition coefficient (Wildman–Crippen LogP) is 1.79. The van der Waals surface area contributed by atoms with Crippen LogP contribution in [0.3, 0.4) is 0 Å². The van der Waals surface area contributed by atoms with Gasteiger partial charge < -0.3 is 10.4 Å². The predicted molar refractivity (Wildman–Crippen MR) is 87.6 cm³/mol. The number of rotatable bonds is 7. The zero-order valence-electron chi connectivity index (χ0n) is 12.1. The summed E-state index contributed by atoms with van der Waals surface area (Å²) in [5, 5.41) is 12.5. The lowest BCUT2D eigenvalue weighted by atomic mass is 10.1. The van der Waals surface area contributed by atoms with Crippen LogP contribution < -0.4 is 5.32 Å². The van der Waals surface area contributed by atoms with Gasteiger partial charge in [-0.25, -0.2) is 0 Å². The number of aliphatic hydroxyl groups is 1. The average molecular weight is 317 g/mol. The lowest BCUT2D eigenvalue weighted by Crippen LogP contribution is -2.32. The first-order valence-corrected chi connectivity index (χ1v) is 8.55. The lowest BCUT2D eigenvalue weighted by molar-refractivity contribution is -0.129. The Morgan fingerprint density at radius 3 is 2.27 bits per heavy atom. The monoisotopic (exact) mass is 317 g/mol. The molecule has 0 aliphatic heterocycles. The maximum absolute atomic E-state index is 11.9. The number of carbonyl (C=O) groups is 1. The molecule has 2 aromatic carbocycles. The van der Waals surface area contributed by atoms with E-state index in [1.54, 1.807) is 24.3 Å². The second-order valence-corrected chi connectivity index (χ2v) is 6.45. The Bertz CT molecular complexity index is 616. The quantitative estimate of drug-likeness (QED) is 0.818. The summed E-state index contributed by atoms with van der Waals surface area (Å²) >= 11 is 0. The van der Waals surface area contributed by atoms with Gasteiger partial charge in [-0.05, 0) is 11.1 Å². The number of carbonyl (C=O) groups excluding carboxylic acids is 1. The molecule has 0 aromatic heterocycles. The van der Waals surface area contributed by atoms with Crippen LogP contribution in [0, 0.1) is 0 Å². The largest absolute Gasteiger partial charge is 0.378 e. The molecule has 0 aliphatic rings. The highest BCUT2D eigenvalue weighted by Gasteiger charge is 2.16. The molecular weight excluding hydrogens is 298 g/mol. The van der Waals surface area contributed by atoms with Crippen LogP contribution in [0.25, 0.3) is 0 Å². The Kier molecular flexibility index (Phi) is 6.30. The lowest BCUT2D eigenvalue weighted by Gasteiger charge is -2.11. The van der Waals surface area contributed by atoms with Crippen molar-refractivity contribution in [3.05, 3.63) is 71.8 Å². The molecule has 5 heteroatoms. The van der Waals surface area contributed by atoms with Crippen LogP contribution in [0.15, 0.2) is 60.7 Å². The third kappa shape index (κ3) is 5.09. The van der Waals surface area contributed by atoms with Gasteiger partial charge in [-0.1, -0.05) is 60.7 Å². The summed E-state index contributed by atoms with van der Waals surface area (Å²) in [4.78, 5) is 11.8. The van der Waals surface area contributed by atoms with Crippen LogP contribution in [-0.2, 0) is 21.3 Å². The minimum absolute atomic E-state index is 0.280. The SMILES string of the molecule is O=C(NCCS(=O)Cc1ccccc1)C(O)c1ccccc1. The van der Waals surface area contributed by atoms with E-state index >= 15 is 0 Å². The van der Waals surface area contributed by atoms with Gasteiger partial charge in [0.05, 0.1) is 0 Å². The topological polar surface area (TPSA) is 66.4 Å². The normalized spacial score (nSPS) is 13.3. The molecule has 2 unspecified atom stereocenters. The standard InChI is InChI=1S/C17H19NO3S/c19-16(15-9-5-2-6-10-15)17(20)18-11-12-22(21)13-14-7-3-1-4-8-14/h1-10,16,19H,11-13H2,(H,18,20). The number of aliphatic hydroxyl groups excluding tert-OH is 1. The molecule has 0 radical (unpaired) electrons. The van der Waals surface area contributed by atoms with E-state index in [9.17, 15) is 14.1 Å². The number of hydrogen-bond donors (Lipinski definition) is 2. The zero-order valence-corrected chi connectivity index (χ0v) is 13.0. The van der Waals surface area contributed by atoms with E-state index in [1.807, 2.05) is 36.4 Å². The van der Waals surface area contributed by atoms with Gasteiger partial charge >= 0.3 is 0 Å². The second kappa shape index (κ2) is 8.46. The van der Waals surface area contributed by atoms with Crippen LogP contribution in [0.5, 0.6) is 0 Å². The maximum atomic E-state index is 11.9. The fraction of sp³-hybridized carbons (Fsp3) is 0.235. The van der Waals surface area contributed by atoms with E-state index < -0.39 is 22.8 Å². The summed E-state index contributed by atoms with van der Waals surface area (Å²) in [7, 11) is -1.04. The van der Waals surface area contributed by atoms with Crippen LogP contribution in [-0.4, -0.2) is 27.5 Å². The Morgan fingerprint density at radius 1 is 1.05 bits per heavy atom. The molecule has 116 valence electrons. The highest BCUT2D eigenvalue weighted by molar-refractivity contribution is 7.84. The van der Waals surface area contributed by atoms with E-state index in [0.717, 1.165) is 5.56 Å². The van der Waals surface area contributed by atoms with Crippen molar-refractivity contribution in [1.82, 2.24) is 5.32 Å². The summed E-state index contributed by atoms with van der Waals surface area (Å²) in [6.45, 7) is 0.280. The van der Waals surface area contributed by atoms with Crippen molar-refractivity contribution in [1.29, 1.82) is 0 Å². The van der Waals surface area contributed by atoms with Gasteiger partial charge in [0, 0.05) is 28.9 Å². The molecule has 2 atom stereocenters. The molecule has 0 heterocycles. The van der Waals surface area contributed by atoms with E-state index in [0.29, 0.717) is 17.1 Å². The van der Waals surface area contributed by atoms with E-state index in [-0.39, 0.29) is 6.54 Å². The first kappa shape index (κ1) is 16.4. The molecule has 0 aliphatic carbocycles. The van der Waals surface area contributed by atoms with Gasteiger partial charge in [0.2, 0.25) is 0 Å². The van der Waals surface area contributed by atoms with Crippen LogP contribution in [0.1, 0.15) is 17.2 Å². The maximum Gasteiger partial charge on any atom is 0.253 e. The Labute approximate surface area is 132 Å². The molecule has 4 nitrogen and oxygen atoms in total. The summed E-state index contributed by atoms with van der Waals surface area (Å²) < 4.78 is 11.9. The Morgan fingerprint density at radius 2 is 1.64 bits per heavy atom. The summed E-state index contributed by atoms with van der Waals surface area (Å²) in [6, 6.07) is 18.3.